The number of benzene rings is 8. The van der Waals surface area contributed by atoms with E-state index in [0.717, 1.165) is 55.5 Å². The van der Waals surface area contributed by atoms with Gasteiger partial charge in [-0.15, -0.1) is 0 Å². The number of allylic oxidation sites excluding steroid dienone is 3. The first-order chi connectivity index (χ1) is 28.7. The van der Waals surface area contributed by atoms with Crippen molar-refractivity contribution in [2.24, 2.45) is 4.99 Å². The summed E-state index contributed by atoms with van der Waals surface area (Å²) in [4.78, 5) is 5.75. The van der Waals surface area contributed by atoms with Gasteiger partial charge in [-0.2, -0.15) is 0 Å². The van der Waals surface area contributed by atoms with Crippen molar-refractivity contribution >= 4 is 38.5 Å². The highest BCUT2D eigenvalue weighted by Gasteiger charge is 2.26. The molecular formula is C57H47N. The van der Waals surface area contributed by atoms with Gasteiger partial charge in [-0.3, -0.25) is 0 Å². The Balaban J connectivity index is 1.15. The number of rotatable bonds is 6. The molecule has 0 saturated carbocycles. The maximum atomic E-state index is 5.75. The molecule has 0 amide bonds. The summed E-state index contributed by atoms with van der Waals surface area (Å²) in [6.45, 7) is 2.30. The number of hydrogen-bond acceptors (Lipinski definition) is 1. The second-order valence-electron chi connectivity index (χ2n) is 15.9. The van der Waals surface area contributed by atoms with Gasteiger partial charge in [0.05, 0.1) is 11.4 Å². The number of nitrogens with zero attached hydrogens (tertiary/aromatic N) is 1. The maximum absolute atomic E-state index is 5.75. The van der Waals surface area contributed by atoms with Gasteiger partial charge < -0.3 is 0 Å². The molecule has 0 radical (unpaired) electrons. The van der Waals surface area contributed by atoms with Crippen molar-refractivity contribution in [2.45, 2.75) is 51.4 Å². The summed E-state index contributed by atoms with van der Waals surface area (Å²) in [5.41, 5.74) is 17.9. The molecule has 0 bridgehead atoms. The molecule has 0 fully saturated rings. The number of aryl methyl sites for hydroxylation is 1. The van der Waals surface area contributed by atoms with Crippen LogP contribution in [0, 0.1) is 0 Å². The molecule has 0 spiro atoms. The van der Waals surface area contributed by atoms with Gasteiger partial charge in [0.15, 0.2) is 0 Å². The lowest BCUT2D eigenvalue weighted by Crippen LogP contribution is -2.10. The van der Waals surface area contributed by atoms with Crippen LogP contribution < -0.4 is 0 Å². The average molecular weight is 746 g/mol. The smallest absolute Gasteiger partial charge is 0.0750 e. The summed E-state index contributed by atoms with van der Waals surface area (Å²) in [5.74, 6) is 0.289. The van der Waals surface area contributed by atoms with E-state index in [1.54, 1.807) is 0 Å². The standard InChI is InChI=1S/C57H47N/c1-2-47-48(39-17-5-3-6-18-39)25-15-16-28-55(44-21-7-4-8-22-44)58-57(47)54-38-46-24-10-9-23-45(46)37-53(54)43-31-29-42(30-32-43)49-35-33-40-19-11-13-26-50(40)56-51-27-14-12-20-41(51)34-36-52(49)56/h3-14,17-24,26-32,34,36-38,49H,2,15-16,25,33,35H2,1H3/b48-47?,55-28+,58-57?. The number of fused-ring (bicyclic) bond motifs is 6. The van der Waals surface area contributed by atoms with Crippen LogP contribution in [0.5, 0.6) is 0 Å². The third kappa shape index (κ3) is 6.71. The second kappa shape index (κ2) is 15.8. The van der Waals surface area contributed by atoms with E-state index in [0.29, 0.717) is 0 Å². The highest BCUT2D eigenvalue weighted by atomic mass is 14.8. The molecular weight excluding hydrogens is 699 g/mol. The third-order valence-corrected chi connectivity index (χ3v) is 12.5. The Bertz CT molecular complexity index is 2870. The lowest BCUT2D eigenvalue weighted by Gasteiger charge is -2.22. The molecule has 1 aliphatic carbocycles. The Kier molecular flexibility index (Phi) is 9.73. The summed E-state index contributed by atoms with van der Waals surface area (Å²) in [6.07, 6.45) is 8.42. The largest absolute Gasteiger partial charge is 0.248 e. The zero-order chi connectivity index (χ0) is 38.8. The Morgan fingerprint density at radius 1 is 0.534 bits per heavy atom. The molecule has 10 rings (SSSR count). The van der Waals surface area contributed by atoms with Gasteiger partial charge in [0, 0.05) is 11.5 Å². The highest BCUT2D eigenvalue weighted by molar-refractivity contribution is 6.22. The molecule has 1 heteroatoms. The first-order valence-corrected chi connectivity index (χ1v) is 21.1. The normalized spacial score (nSPS) is 16.6. The van der Waals surface area contributed by atoms with E-state index in [1.807, 2.05) is 0 Å². The predicted octanol–water partition coefficient (Wildman–Crippen LogP) is 15.3. The van der Waals surface area contributed by atoms with E-state index in [4.69, 9.17) is 4.99 Å². The van der Waals surface area contributed by atoms with E-state index in [-0.39, 0.29) is 5.92 Å². The quantitative estimate of drug-likeness (QED) is 0.161. The zero-order valence-electron chi connectivity index (χ0n) is 33.2. The van der Waals surface area contributed by atoms with Crippen LogP contribution in [-0.2, 0) is 6.42 Å². The van der Waals surface area contributed by atoms with Crippen molar-refractivity contribution in [3.63, 3.8) is 0 Å². The summed E-state index contributed by atoms with van der Waals surface area (Å²) in [7, 11) is 0. The van der Waals surface area contributed by atoms with Crippen LogP contribution in [0.4, 0.5) is 0 Å². The molecule has 0 saturated heterocycles. The maximum Gasteiger partial charge on any atom is 0.0750 e. The van der Waals surface area contributed by atoms with E-state index in [2.05, 4.69) is 195 Å². The fourth-order valence-corrected chi connectivity index (χ4v) is 9.63. The van der Waals surface area contributed by atoms with Crippen LogP contribution in [0.3, 0.4) is 0 Å². The van der Waals surface area contributed by atoms with Crippen LogP contribution in [0.25, 0.3) is 55.1 Å². The van der Waals surface area contributed by atoms with Crippen molar-refractivity contribution < 1.29 is 0 Å². The lowest BCUT2D eigenvalue weighted by molar-refractivity contribution is 0.726. The van der Waals surface area contributed by atoms with Crippen LogP contribution in [0.1, 0.15) is 78.3 Å². The Labute approximate surface area is 342 Å². The molecule has 58 heavy (non-hydrogen) atoms. The van der Waals surface area contributed by atoms with Gasteiger partial charge in [0.25, 0.3) is 0 Å². The summed E-state index contributed by atoms with van der Waals surface area (Å²) >= 11 is 0. The van der Waals surface area contributed by atoms with Crippen molar-refractivity contribution in [2.75, 3.05) is 0 Å². The lowest BCUT2D eigenvalue weighted by atomic mass is 9.82. The molecule has 0 aromatic heterocycles. The second-order valence-corrected chi connectivity index (χ2v) is 15.9. The predicted molar refractivity (Wildman–Crippen MR) is 247 cm³/mol. The molecule has 1 atom stereocenters. The van der Waals surface area contributed by atoms with Gasteiger partial charge in [0.1, 0.15) is 0 Å². The first-order valence-electron chi connectivity index (χ1n) is 21.1. The summed E-state index contributed by atoms with van der Waals surface area (Å²) < 4.78 is 0. The summed E-state index contributed by atoms with van der Waals surface area (Å²) in [5, 5.41) is 5.10. The minimum Gasteiger partial charge on any atom is -0.248 e. The van der Waals surface area contributed by atoms with Crippen LogP contribution >= 0.6 is 0 Å². The Morgan fingerprint density at radius 2 is 1.19 bits per heavy atom. The minimum atomic E-state index is 0.289. The van der Waals surface area contributed by atoms with Crippen molar-refractivity contribution in [3.8, 4) is 22.3 Å². The first kappa shape index (κ1) is 35.8. The molecule has 8 aromatic rings. The monoisotopic (exact) mass is 745 g/mol. The molecule has 1 aliphatic heterocycles. The molecule has 1 unspecified atom stereocenters. The zero-order valence-corrected chi connectivity index (χ0v) is 33.2. The van der Waals surface area contributed by atoms with E-state index < -0.39 is 0 Å². The van der Waals surface area contributed by atoms with Gasteiger partial charge in [-0.05, 0) is 133 Å². The molecule has 280 valence electrons. The van der Waals surface area contributed by atoms with E-state index in [1.165, 1.54) is 82.8 Å². The third-order valence-electron chi connectivity index (χ3n) is 12.5. The fourth-order valence-electron chi connectivity index (χ4n) is 9.63. The van der Waals surface area contributed by atoms with Crippen LogP contribution in [0.15, 0.2) is 199 Å². The van der Waals surface area contributed by atoms with Gasteiger partial charge in [0.2, 0.25) is 0 Å². The van der Waals surface area contributed by atoms with E-state index in [9.17, 15) is 0 Å². The van der Waals surface area contributed by atoms with E-state index >= 15 is 0 Å². The Hall–Kier alpha value is -6.57. The molecule has 0 N–H and O–H groups in total. The summed E-state index contributed by atoms with van der Waals surface area (Å²) in [6, 6.07) is 67.6. The van der Waals surface area contributed by atoms with Gasteiger partial charge in [-0.25, -0.2) is 4.99 Å². The molecule has 8 aromatic carbocycles. The average Bonchev–Trinajstić information content (AvgIpc) is 3.39. The molecule has 1 heterocycles. The van der Waals surface area contributed by atoms with Gasteiger partial charge >= 0.3 is 0 Å². The van der Waals surface area contributed by atoms with Gasteiger partial charge in [-0.1, -0.05) is 183 Å². The number of aliphatic imine (C=N–C) groups is 1. The van der Waals surface area contributed by atoms with Crippen molar-refractivity contribution in [1.82, 2.24) is 0 Å². The Morgan fingerprint density at radius 3 is 1.95 bits per heavy atom. The molecule has 1 nitrogen and oxygen atoms in total. The van der Waals surface area contributed by atoms with Crippen LogP contribution in [0.2, 0.25) is 0 Å². The fraction of sp³-hybridized carbons (Fsp3) is 0.140. The SMILES string of the molecule is CCC1=C(c2ccccc2)CCC/C=C(\c2ccccc2)N=C1c1cc2ccccc2cc1-c1ccc(C2CCc3ccccc3-c3c2ccc2ccccc32)cc1. The minimum absolute atomic E-state index is 0.289. The van der Waals surface area contributed by atoms with Crippen LogP contribution in [-0.4, -0.2) is 5.71 Å². The van der Waals surface area contributed by atoms with Crippen molar-refractivity contribution in [3.05, 3.63) is 227 Å². The number of hydrogen-bond donors (Lipinski definition) is 0. The topological polar surface area (TPSA) is 12.4 Å². The van der Waals surface area contributed by atoms with Crippen molar-refractivity contribution in [1.29, 1.82) is 0 Å². The molecule has 2 aliphatic rings. The highest BCUT2D eigenvalue weighted by Crippen LogP contribution is 2.45.